The van der Waals surface area contributed by atoms with Crippen LogP contribution in [0.3, 0.4) is 0 Å². The van der Waals surface area contributed by atoms with Gasteiger partial charge in [0.05, 0.1) is 0 Å². The van der Waals surface area contributed by atoms with Gasteiger partial charge in [-0.3, -0.25) is 4.79 Å². The molecular formula is C17H12O2. The summed E-state index contributed by atoms with van der Waals surface area (Å²) in [5.74, 6) is 0. The highest BCUT2D eigenvalue weighted by Crippen LogP contribution is 2.52. The van der Waals surface area contributed by atoms with Crippen molar-refractivity contribution in [1.82, 2.24) is 0 Å². The van der Waals surface area contributed by atoms with Crippen LogP contribution in [0.5, 0.6) is 0 Å². The zero-order valence-electron chi connectivity index (χ0n) is 10.2. The second kappa shape index (κ2) is 3.65. The summed E-state index contributed by atoms with van der Waals surface area (Å²) in [4.78, 5) is 11.5. The molecule has 0 spiro atoms. The fourth-order valence-electron chi connectivity index (χ4n) is 2.99. The van der Waals surface area contributed by atoms with E-state index < -0.39 is 5.60 Å². The molecule has 4 rings (SSSR count). The van der Waals surface area contributed by atoms with Gasteiger partial charge in [-0.2, -0.15) is 0 Å². The normalized spacial score (nSPS) is 26.4. The van der Waals surface area contributed by atoms with Crippen molar-refractivity contribution in [2.45, 2.75) is 11.7 Å². The molecule has 2 aliphatic rings. The van der Waals surface area contributed by atoms with Crippen molar-refractivity contribution in [3.63, 3.8) is 0 Å². The predicted molar refractivity (Wildman–Crippen MR) is 72.9 cm³/mol. The van der Waals surface area contributed by atoms with Gasteiger partial charge in [0.2, 0.25) is 0 Å². The maximum absolute atomic E-state index is 11.5. The van der Waals surface area contributed by atoms with Gasteiger partial charge in [-0.05, 0) is 34.9 Å². The lowest BCUT2D eigenvalue weighted by Crippen LogP contribution is -2.22. The molecule has 2 aromatic carbocycles. The van der Waals surface area contributed by atoms with Crippen molar-refractivity contribution in [3.8, 4) is 0 Å². The zero-order valence-corrected chi connectivity index (χ0v) is 10.2. The van der Waals surface area contributed by atoms with Gasteiger partial charge in [-0.1, -0.05) is 48.5 Å². The fourth-order valence-corrected chi connectivity index (χ4v) is 2.99. The summed E-state index contributed by atoms with van der Waals surface area (Å²) in [6.07, 6.45) is 4.13. The van der Waals surface area contributed by atoms with Crippen LogP contribution in [0, 0.1) is 0 Å². The van der Waals surface area contributed by atoms with Gasteiger partial charge < -0.3 is 4.74 Å². The van der Waals surface area contributed by atoms with Crippen molar-refractivity contribution < 1.29 is 4.74 Å². The Labute approximate surface area is 111 Å². The van der Waals surface area contributed by atoms with Crippen LogP contribution in [-0.4, -0.2) is 0 Å². The van der Waals surface area contributed by atoms with Crippen molar-refractivity contribution in [2.75, 3.05) is 0 Å². The average molecular weight is 248 g/mol. The quantitative estimate of drug-likeness (QED) is 0.725. The standard InChI is InChI=1S/C17H12O2/c18-13-6-8-14-15(9-7-13)17(11-10-16(14)19-17)12-4-2-1-3-5-12/h1-11,16H/t16-,17-/m1/s1. The second-order valence-corrected chi connectivity index (χ2v) is 4.94. The minimum Gasteiger partial charge on any atom is -0.349 e. The Balaban J connectivity index is 2.02. The Kier molecular flexibility index (Phi) is 2.06. The monoisotopic (exact) mass is 248 g/mol. The van der Waals surface area contributed by atoms with Crippen molar-refractivity contribution >= 4 is 0 Å². The first-order valence-corrected chi connectivity index (χ1v) is 6.37. The third-order valence-corrected chi connectivity index (χ3v) is 3.88. The van der Waals surface area contributed by atoms with E-state index in [2.05, 4.69) is 24.3 Å². The number of hydrogen-bond donors (Lipinski definition) is 0. The Hall–Kier alpha value is -2.19. The van der Waals surface area contributed by atoms with Crippen LogP contribution in [0.15, 0.2) is 71.5 Å². The van der Waals surface area contributed by atoms with Crippen LogP contribution < -0.4 is 5.43 Å². The summed E-state index contributed by atoms with van der Waals surface area (Å²) in [7, 11) is 0. The molecule has 0 aliphatic carbocycles. The van der Waals surface area contributed by atoms with Gasteiger partial charge in [-0.15, -0.1) is 0 Å². The van der Waals surface area contributed by atoms with E-state index in [0.717, 1.165) is 16.7 Å². The maximum Gasteiger partial charge on any atom is 0.178 e. The lowest BCUT2D eigenvalue weighted by Gasteiger charge is -2.24. The van der Waals surface area contributed by atoms with Gasteiger partial charge in [-0.25, -0.2) is 0 Å². The molecule has 2 bridgehead atoms. The van der Waals surface area contributed by atoms with Gasteiger partial charge in [0.15, 0.2) is 5.43 Å². The highest BCUT2D eigenvalue weighted by Gasteiger charge is 2.47. The molecule has 2 atom stereocenters. The lowest BCUT2D eigenvalue weighted by molar-refractivity contribution is 0.0269. The van der Waals surface area contributed by atoms with E-state index in [1.807, 2.05) is 30.3 Å². The molecule has 2 heterocycles. The van der Waals surface area contributed by atoms with E-state index in [1.165, 1.54) is 0 Å². The highest BCUT2D eigenvalue weighted by molar-refractivity contribution is 5.53. The number of rotatable bonds is 1. The van der Waals surface area contributed by atoms with E-state index >= 15 is 0 Å². The van der Waals surface area contributed by atoms with E-state index in [9.17, 15) is 4.79 Å². The first kappa shape index (κ1) is 10.7. The number of hydrogen-bond acceptors (Lipinski definition) is 2. The van der Waals surface area contributed by atoms with E-state index in [-0.39, 0.29) is 11.5 Å². The number of benzene rings is 1. The zero-order chi connectivity index (χ0) is 12.9. The van der Waals surface area contributed by atoms with Gasteiger partial charge in [0.1, 0.15) is 11.7 Å². The summed E-state index contributed by atoms with van der Waals surface area (Å²) >= 11 is 0. The van der Waals surface area contributed by atoms with Crippen LogP contribution >= 0.6 is 0 Å². The third kappa shape index (κ3) is 1.38. The SMILES string of the molecule is O=c1ccc2c(cc1)[C@]1(c3ccccc3)C=C[C@H]2O1. The summed E-state index contributed by atoms with van der Waals surface area (Å²) in [5.41, 5.74) is 2.78. The van der Waals surface area contributed by atoms with Crippen molar-refractivity contribution in [3.05, 3.63) is 93.7 Å². The average Bonchev–Trinajstić information content (AvgIpc) is 2.95. The molecule has 0 radical (unpaired) electrons. The summed E-state index contributed by atoms with van der Waals surface area (Å²) in [5, 5.41) is 0. The van der Waals surface area contributed by atoms with Crippen molar-refractivity contribution in [2.24, 2.45) is 0 Å². The smallest absolute Gasteiger partial charge is 0.178 e. The molecule has 2 aromatic rings. The molecule has 0 unspecified atom stereocenters. The van der Waals surface area contributed by atoms with Crippen LogP contribution in [0.25, 0.3) is 0 Å². The summed E-state index contributed by atoms with van der Waals surface area (Å²) < 4.78 is 6.18. The molecule has 0 amide bonds. The topological polar surface area (TPSA) is 26.3 Å². The van der Waals surface area contributed by atoms with Crippen LogP contribution in [0.2, 0.25) is 0 Å². The molecule has 2 heteroatoms. The molecule has 2 nitrogen and oxygen atoms in total. The summed E-state index contributed by atoms with van der Waals surface area (Å²) in [6.45, 7) is 0. The molecule has 0 aromatic heterocycles. The maximum atomic E-state index is 11.5. The molecule has 0 saturated carbocycles. The molecule has 0 saturated heterocycles. The Morgan fingerprint density at radius 1 is 0.947 bits per heavy atom. The van der Waals surface area contributed by atoms with Crippen LogP contribution in [0.1, 0.15) is 22.8 Å². The number of ether oxygens (including phenoxy) is 1. The Morgan fingerprint density at radius 3 is 2.58 bits per heavy atom. The third-order valence-electron chi connectivity index (χ3n) is 3.88. The molecule has 2 aliphatic heterocycles. The molecule has 19 heavy (non-hydrogen) atoms. The van der Waals surface area contributed by atoms with Crippen LogP contribution in [0.4, 0.5) is 0 Å². The fraction of sp³-hybridized carbons (Fsp3) is 0.118. The first-order valence-electron chi connectivity index (χ1n) is 6.37. The molecule has 92 valence electrons. The molecular weight excluding hydrogens is 236 g/mol. The highest BCUT2D eigenvalue weighted by atomic mass is 16.5. The van der Waals surface area contributed by atoms with Crippen LogP contribution in [-0.2, 0) is 10.3 Å². The summed E-state index contributed by atoms with van der Waals surface area (Å²) in [6, 6.07) is 17.1. The minimum atomic E-state index is -0.521. The predicted octanol–water partition coefficient (Wildman–Crippen LogP) is 2.93. The first-order chi connectivity index (χ1) is 9.29. The lowest BCUT2D eigenvalue weighted by atomic mass is 9.83. The van der Waals surface area contributed by atoms with Gasteiger partial charge in [0, 0.05) is 0 Å². The van der Waals surface area contributed by atoms with E-state index in [0.29, 0.717) is 0 Å². The van der Waals surface area contributed by atoms with Gasteiger partial charge in [0.25, 0.3) is 0 Å². The van der Waals surface area contributed by atoms with E-state index in [1.54, 1.807) is 12.1 Å². The minimum absolute atomic E-state index is 0.0250. The van der Waals surface area contributed by atoms with Crippen molar-refractivity contribution in [1.29, 1.82) is 0 Å². The second-order valence-electron chi connectivity index (χ2n) is 4.94. The Bertz CT molecular complexity index is 734. The Morgan fingerprint density at radius 2 is 1.74 bits per heavy atom. The largest absolute Gasteiger partial charge is 0.349 e. The van der Waals surface area contributed by atoms with E-state index in [4.69, 9.17) is 4.74 Å². The van der Waals surface area contributed by atoms with Gasteiger partial charge >= 0.3 is 0 Å². The molecule has 0 N–H and O–H groups in total. The molecule has 0 fully saturated rings. The number of fused-ring (bicyclic) bond motifs is 5.